The van der Waals surface area contributed by atoms with Crippen LogP contribution in [0.5, 0.6) is 0 Å². The van der Waals surface area contributed by atoms with Gasteiger partial charge in [0.05, 0.1) is 22.4 Å². The standard InChI is InChI=1S/C26H34B2O4/c1-23(2)24(3,4)30-27(29-23)21-19-15-11-9-13-17(19)18-14-10-12-16-20(18)22(21)28-31-25(5,6)26(7,8)32-28/h9-16,21-22H,1-8H3. The van der Waals surface area contributed by atoms with E-state index in [-0.39, 0.29) is 11.6 Å². The molecule has 0 spiro atoms. The Bertz CT molecular complexity index is 930. The van der Waals surface area contributed by atoms with Crippen LogP contribution in [-0.4, -0.2) is 36.6 Å². The van der Waals surface area contributed by atoms with E-state index in [0.717, 1.165) is 0 Å². The van der Waals surface area contributed by atoms with Crippen LogP contribution in [0.4, 0.5) is 0 Å². The van der Waals surface area contributed by atoms with Gasteiger partial charge in [-0.25, -0.2) is 0 Å². The lowest BCUT2D eigenvalue weighted by Crippen LogP contribution is -2.42. The van der Waals surface area contributed by atoms with Crippen molar-refractivity contribution in [3.8, 4) is 11.1 Å². The molecule has 2 atom stereocenters. The first-order valence-corrected chi connectivity index (χ1v) is 11.7. The van der Waals surface area contributed by atoms with Crippen LogP contribution in [-0.2, 0) is 18.6 Å². The molecule has 4 nitrogen and oxygen atoms in total. The Morgan fingerprint density at radius 1 is 0.500 bits per heavy atom. The fraction of sp³-hybridized carbons (Fsp3) is 0.538. The first-order valence-electron chi connectivity index (χ1n) is 11.7. The molecule has 6 heteroatoms. The van der Waals surface area contributed by atoms with Crippen LogP contribution in [0.25, 0.3) is 11.1 Å². The van der Waals surface area contributed by atoms with Crippen molar-refractivity contribution in [2.45, 2.75) is 89.4 Å². The van der Waals surface area contributed by atoms with Crippen LogP contribution in [0.1, 0.15) is 78.2 Å². The second-order valence-corrected chi connectivity index (χ2v) is 11.5. The molecule has 0 N–H and O–H groups in total. The molecule has 0 radical (unpaired) electrons. The van der Waals surface area contributed by atoms with Gasteiger partial charge in [-0.15, -0.1) is 0 Å². The molecule has 0 amide bonds. The van der Waals surface area contributed by atoms with E-state index in [1.807, 2.05) is 0 Å². The molecule has 32 heavy (non-hydrogen) atoms. The van der Waals surface area contributed by atoms with E-state index in [2.05, 4.69) is 104 Å². The van der Waals surface area contributed by atoms with Crippen LogP contribution in [0.15, 0.2) is 48.5 Å². The summed E-state index contributed by atoms with van der Waals surface area (Å²) in [6, 6.07) is 17.2. The van der Waals surface area contributed by atoms with Gasteiger partial charge in [0.1, 0.15) is 0 Å². The van der Waals surface area contributed by atoms with E-state index in [4.69, 9.17) is 18.6 Å². The van der Waals surface area contributed by atoms with E-state index >= 15 is 0 Å². The van der Waals surface area contributed by atoms with Crippen molar-refractivity contribution < 1.29 is 18.6 Å². The predicted molar refractivity (Wildman–Crippen MR) is 130 cm³/mol. The molecule has 2 aromatic carbocycles. The molecule has 0 bridgehead atoms. The van der Waals surface area contributed by atoms with E-state index in [1.54, 1.807) is 0 Å². The average molecular weight is 432 g/mol. The second kappa shape index (κ2) is 6.96. The Morgan fingerprint density at radius 2 is 0.781 bits per heavy atom. The van der Waals surface area contributed by atoms with Gasteiger partial charge >= 0.3 is 14.2 Å². The third kappa shape index (κ3) is 3.14. The number of rotatable bonds is 2. The summed E-state index contributed by atoms with van der Waals surface area (Å²) in [5.74, 6) is -0.117. The maximum absolute atomic E-state index is 6.64. The number of benzene rings is 2. The molecule has 168 valence electrons. The summed E-state index contributed by atoms with van der Waals surface area (Å²) in [4.78, 5) is 0. The molecule has 2 aliphatic heterocycles. The highest BCUT2D eigenvalue weighted by molar-refractivity contribution is 6.55. The molecule has 3 aliphatic rings. The van der Waals surface area contributed by atoms with Crippen LogP contribution in [0.3, 0.4) is 0 Å². The highest BCUT2D eigenvalue weighted by Gasteiger charge is 2.62. The summed E-state index contributed by atoms with van der Waals surface area (Å²) >= 11 is 0. The smallest absolute Gasteiger partial charge is 0.403 e. The van der Waals surface area contributed by atoms with Crippen molar-refractivity contribution in [1.29, 1.82) is 0 Å². The summed E-state index contributed by atoms with van der Waals surface area (Å²) in [6.07, 6.45) is 0. The summed E-state index contributed by atoms with van der Waals surface area (Å²) in [5.41, 5.74) is 3.27. The Labute approximate surface area is 193 Å². The van der Waals surface area contributed by atoms with Gasteiger partial charge < -0.3 is 18.6 Å². The second-order valence-electron chi connectivity index (χ2n) is 11.5. The van der Waals surface area contributed by atoms with Crippen LogP contribution >= 0.6 is 0 Å². The zero-order valence-electron chi connectivity index (χ0n) is 20.6. The van der Waals surface area contributed by atoms with E-state index in [1.165, 1.54) is 22.3 Å². The Morgan fingerprint density at radius 3 is 1.09 bits per heavy atom. The Balaban J connectivity index is 1.68. The molecule has 1 aliphatic carbocycles. The third-order valence-corrected chi connectivity index (χ3v) is 8.45. The van der Waals surface area contributed by atoms with Gasteiger partial charge in [0.25, 0.3) is 0 Å². The maximum atomic E-state index is 6.64. The van der Waals surface area contributed by atoms with Gasteiger partial charge in [0.15, 0.2) is 0 Å². The molecule has 2 aromatic rings. The van der Waals surface area contributed by atoms with Crippen molar-refractivity contribution in [3.63, 3.8) is 0 Å². The van der Waals surface area contributed by atoms with E-state index in [9.17, 15) is 0 Å². The van der Waals surface area contributed by atoms with E-state index in [0.29, 0.717) is 0 Å². The summed E-state index contributed by atoms with van der Waals surface area (Å²) in [5, 5.41) is 0. The minimum atomic E-state index is -0.413. The molecule has 0 aromatic heterocycles. The van der Waals surface area contributed by atoms with Crippen molar-refractivity contribution in [2.75, 3.05) is 0 Å². The average Bonchev–Trinajstić information content (AvgIpc) is 3.06. The minimum Gasteiger partial charge on any atom is -0.403 e. The van der Waals surface area contributed by atoms with Crippen LogP contribution in [0, 0.1) is 0 Å². The number of hydrogen-bond acceptors (Lipinski definition) is 4. The summed E-state index contributed by atoms with van der Waals surface area (Å²) in [6.45, 7) is 16.9. The van der Waals surface area contributed by atoms with Crippen LogP contribution < -0.4 is 0 Å². The molecular formula is C26H34B2O4. The fourth-order valence-electron chi connectivity index (χ4n) is 5.16. The van der Waals surface area contributed by atoms with Gasteiger partial charge in [-0.2, -0.15) is 0 Å². The highest BCUT2D eigenvalue weighted by Crippen LogP contribution is 2.55. The summed E-state index contributed by atoms with van der Waals surface area (Å²) < 4.78 is 26.5. The monoisotopic (exact) mass is 432 g/mol. The lowest BCUT2D eigenvalue weighted by atomic mass is 9.46. The van der Waals surface area contributed by atoms with Gasteiger partial charge in [0.2, 0.25) is 0 Å². The first-order chi connectivity index (χ1) is 14.8. The van der Waals surface area contributed by atoms with Crippen molar-refractivity contribution in [3.05, 3.63) is 59.7 Å². The van der Waals surface area contributed by atoms with Crippen molar-refractivity contribution >= 4 is 14.2 Å². The van der Waals surface area contributed by atoms with Gasteiger partial charge in [-0.3, -0.25) is 0 Å². The molecule has 2 unspecified atom stereocenters. The zero-order valence-corrected chi connectivity index (χ0v) is 20.6. The Kier molecular flexibility index (Phi) is 4.83. The maximum Gasteiger partial charge on any atom is 0.465 e. The number of fused-ring (bicyclic) bond motifs is 3. The van der Waals surface area contributed by atoms with Gasteiger partial charge in [-0.1, -0.05) is 48.5 Å². The SMILES string of the molecule is CC1(C)OB(C2c3ccccc3-c3ccccc3C2B2OC(C)(C)C(C)(C)O2)OC1(C)C. The van der Waals surface area contributed by atoms with Crippen molar-refractivity contribution in [1.82, 2.24) is 0 Å². The molecule has 0 saturated carbocycles. The molecular weight excluding hydrogens is 398 g/mol. The van der Waals surface area contributed by atoms with Crippen LogP contribution in [0.2, 0.25) is 0 Å². The summed E-state index contributed by atoms with van der Waals surface area (Å²) in [7, 11) is -0.808. The third-order valence-electron chi connectivity index (χ3n) is 8.45. The number of hydrogen-bond donors (Lipinski definition) is 0. The van der Waals surface area contributed by atoms with Gasteiger partial charge in [0, 0.05) is 11.6 Å². The molecule has 5 rings (SSSR count). The highest BCUT2D eigenvalue weighted by atomic mass is 16.7. The minimum absolute atomic E-state index is 0.0585. The quantitative estimate of drug-likeness (QED) is 0.563. The first kappa shape index (κ1) is 22.2. The molecule has 2 fully saturated rings. The predicted octanol–water partition coefficient (Wildman–Crippen LogP) is 5.80. The van der Waals surface area contributed by atoms with E-state index < -0.39 is 36.6 Å². The lowest BCUT2D eigenvalue weighted by molar-refractivity contribution is 0.00578. The topological polar surface area (TPSA) is 36.9 Å². The van der Waals surface area contributed by atoms with Gasteiger partial charge in [-0.05, 0) is 77.6 Å². The largest absolute Gasteiger partial charge is 0.465 e. The lowest BCUT2D eigenvalue weighted by Gasteiger charge is -2.37. The zero-order chi connectivity index (χ0) is 23.1. The van der Waals surface area contributed by atoms with Crippen molar-refractivity contribution in [2.24, 2.45) is 0 Å². The normalized spacial score (nSPS) is 29.0. The fourth-order valence-corrected chi connectivity index (χ4v) is 5.16. The molecule has 2 saturated heterocycles. The molecule has 2 heterocycles. The Hall–Kier alpha value is -1.59.